The van der Waals surface area contributed by atoms with Gasteiger partial charge in [0.25, 0.3) is 0 Å². The van der Waals surface area contributed by atoms with Crippen LogP contribution in [-0.2, 0) is 15.0 Å². The van der Waals surface area contributed by atoms with E-state index in [1.807, 2.05) is 60.0 Å². The summed E-state index contributed by atoms with van der Waals surface area (Å²) < 4.78 is 0. The average molecular weight is 379 g/mol. The lowest BCUT2D eigenvalue weighted by Gasteiger charge is -2.35. The van der Waals surface area contributed by atoms with Crippen LogP contribution in [0.5, 0.6) is 0 Å². The van der Waals surface area contributed by atoms with E-state index >= 15 is 0 Å². The molecule has 2 amide bonds. The normalized spacial score (nSPS) is 18.3. The van der Waals surface area contributed by atoms with Crippen molar-refractivity contribution in [2.24, 2.45) is 5.92 Å². The highest BCUT2D eigenvalue weighted by atomic mass is 16.2. The van der Waals surface area contributed by atoms with E-state index in [4.69, 9.17) is 0 Å². The Balaban J connectivity index is 2.10. The molecule has 28 heavy (non-hydrogen) atoms. The highest BCUT2D eigenvalue weighted by Crippen LogP contribution is 2.47. The summed E-state index contributed by atoms with van der Waals surface area (Å²) in [5.41, 5.74) is 1.38. The van der Waals surface area contributed by atoms with Crippen LogP contribution in [0.2, 0.25) is 0 Å². The molecule has 1 atom stereocenters. The van der Waals surface area contributed by atoms with Gasteiger partial charge in [-0.2, -0.15) is 0 Å². The maximum absolute atomic E-state index is 13.8. The van der Waals surface area contributed by atoms with Crippen LogP contribution in [-0.4, -0.2) is 47.8 Å². The van der Waals surface area contributed by atoms with Crippen LogP contribution in [0.4, 0.5) is 0 Å². The Labute approximate surface area is 168 Å². The molecule has 0 bridgehead atoms. The number of likely N-dealkylation sites (N-methyl/N-ethyl adjacent to an activating group) is 1. The Morgan fingerprint density at radius 2 is 1.57 bits per heavy atom. The molecule has 1 heterocycles. The largest absolute Gasteiger partial charge is 0.343 e. The Morgan fingerprint density at radius 1 is 1.04 bits per heavy atom. The summed E-state index contributed by atoms with van der Waals surface area (Å²) in [6.45, 7) is 8.43. The van der Waals surface area contributed by atoms with Gasteiger partial charge in [-0.3, -0.25) is 9.59 Å². The Bertz CT molecular complexity index is 764. The van der Waals surface area contributed by atoms with E-state index in [1.54, 1.807) is 6.92 Å². The Hall–Kier alpha value is -2.62. The van der Waals surface area contributed by atoms with Gasteiger partial charge in [-0.05, 0) is 31.4 Å². The fraction of sp³-hybridized carbons (Fsp3) is 0.417. The third kappa shape index (κ3) is 3.44. The summed E-state index contributed by atoms with van der Waals surface area (Å²) in [7, 11) is 0. The monoisotopic (exact) mass is 378 g/mol. The van der Waals surface area contributed by atoms with Crippen molar-refractivity contribution in [1.82, 2.24) is 9.80 Å². The van der Waals surface area contributed by atoms with Gasteiger partial charge in [-0.25, -0.2) is 0 Å². The van der Waals surface area contributed by atoms with E-state index in [9.17, 15) is 9.59 Å². The van der Waals surface area contributed by atoms with E-state index in [-0.39, 0.29) is 17.7 Å². The number of likely N-dealkylation sites (tertiary alicyclic amines) is 1. The van der Waals surface area contributed by atoms with Gasteiger partial charge in [0, 0.05) is 39.0 Å². The quantitative estimate of drug-likeness (QED) is 0.737. The number of carbonyl (C=O) groups is 2. The molecule has 0 saturated carbocycles. The standard InChI is InChI=1S/C24H30N2O2/c1-4-25(19(3)27)17-16-22-18-26(5-2)23(28)24(22,20-12-8-6-9-13-20)21-14-10-7-11-15-21/h6-15,22H,4-5,16-18H2,1-3H3. The van der Waals surface area contributed by atoms with E-state index in [2.05, 4.69) is 24.3 Å². The van der Waals surface area contributed by atoms with E-state index in [1.165, 1.54) is 0 Å². The van der Waals surface area contributed by atoms with Crippen molar-refractivity contribution in [3.05, 3.63) is 71.8 Å². The first-order valence-electron chi connectivity index (χ1n) is 10.2. The van der Waals surface area contributed by atoms with Crippen LogP contribution >= 0.6 is 0 Å². The lowest BCUT2D eigenvalue weighted by molar-refractivity contribution is -0.131. The number of hydrogen-bond donors (Lipinski definition) is 0. The Morgan fingerprint density at radius 3 is 2.00 bits per heavy atom. The number of benzene rings is 2. The molecule has 0 spiro atoms. The average Bonchev–Trinajstić information content (AvgIpc) is 3.02. The lowest BCUT2D eigenvalue weighted by Crippen LogP contribution is -2.43. The van der Waals surface area contributed by atoms with Crippen LogP contribution < -0.4 is 0 Å². The molecule has 148 valence electrons. The second-order valence-corrected chi connectivity index (χ2v) is 7.47. The second kappa shape index (κ2) is 8.59. The molecule has 2 aromatic carbocycles. The number of rotatable bonds is 7. The van der Waals surface area contributed by atoms with Gasteiger partial charge >= 0.3 is 0 Å². The molecular weight excluding hydrogens is 348 g/mol. The number of amides is 2. The van der Waals surface area contributed by atoms with Gasteiger partial charge < -0.3 is 9.80 Å². The summed E-state index contributed by atoms with van der Waals surface area (Å²) in [5, 5.41) is 0. The predicted molar refractivity (Wildman–Crippen MR) is 112 cm³/mol. The minimum atomic E-state index is -0.700. The molecule has 4 nitrogen and oxygen atoms in total. The SMILES string of the molecule is CCN(CCC1CN(CC)C(=O)C1(c1ccccc1)c1ccccc1)C(C)=O. The van der Waals surface area contributed by atoms with Crippen molar-refractivity contribution in [3.63, 3.8) is 0 Å². The first kappa shape index (κ1) is 20.1. The van der Waals surface area contributed by atoms with Gasteiger partial charge in [0.1, 0.15) is 5.41 Å². The summed E-state index contributed by atoms with van der Waals surface area (Å²) in [4.78, 5) is 29.5. The molecule has 1 aliphatic rings. The molecule has 0 radical (unpaired) electrons. The molecule has 4 heteroatoms. The topological polar surface area (TPSA) is 40.6 Å². The number of nitrogens with zero attached hydrogens (tertiary/aromatic N) is 2. The molecule has 1 unspecified atom stereocenters. The zero-order valence-corrected chi connectivity index (χ0v) is 17.1. The predicted octanol–water partition coefficient (Wildman–Crippen LogP) is 3.71. The molecule has 0 aliphatic carbocycles. The molecule has 2 aromatic rings. The maximum Gasteiger partial charge on any atom is 0.238 e. The first-order valence-corrected chi connectivity index (χ1v) is 10.2. The van der Waals surface area contributed by atoms with Gasteiger partial charge in [-0.15, -0.1) is 0 Å². The van der Waals surface area contributed by atoms with Crippen molar-refractivity contribution in [1.29, 1.82) is 0 Å². The van der Waals surface area contributed by atoms with E-state index in [0.717, 1.165) is 17.5 Å². The minimum absolute atomic E-state index is 0.0872. The van der Waals surface area contributed by atoms with E-state index < -0.39 is 5.41 Å². The molecule has 1 saturated heterocycles. The highest BCUT2D eigenvalue weighted by Gasteiger charge is 2.55. The molecule has 1 aliphatic heterocycles. The first-order chi connectivity index (χ1) is 13.6. The fourth-order valence-electron chi connectivity index (χ4n) is 4.63. The van der Waals surface area contributed by atoms with Crippen molar-refractivity contribution in [2.75, 3.05) is 26.2 Å². The summed E-state index contributed by atoms with van der Waals surface area (Å²) >= 11 is 0. The second-order valence-electron chi connectivity index (χ2n) is 7.47. The van der Waals surface area contributed by atoms with Crippen molar-refractivity contribution < 1.29 is 9.59 Å². The van der Waals surface area contributed by atoms with Crippen molar-refractivity contribution in [2.45, 2.75) is 32.6 Å². The molecule has 0 N–H and O–H groups in total. The minimum Gasteiger partial charge on any atom is -0.343 e. The molecule has 0 aromatic heterocycles. The van der Waals surface area contributed by atoms with Gasteiger partial charge in [0.15, 0.2) is 0 Å². The van der Waals surface area contributed by atoms with Crippen LogP contribution in [0.3, 0.4) is 0 Å². The zero-order chi connectivity index (χ0) is 20.1. The van der Waals surface area contributed by atoms with Crippen LogP contribution in [0, 0.1) is 5.92 Å². The lowest BCUT2D eigenvalue weighted by atomic mass is 9.66. The Kier molecular flexibility index (Phi) is 6.18. The number of carbonyl (C=O) groups excluding carboxylic acids is 2. The maximum atomic E-state index is 13.8. The van der Waals surface area contributed by atoms with Gasteiger partial charge in [0.2, 0.25) is 11.8 Å². The molecular formula is C24H30N2O2. The zero-order valence-electron chi connectivity index (χ0n) is 17.1. The van der Waals surface area contributed by atoms with Gasteiger partial charge in [-0.1, -0.05) is 60.7 Å². The summed E-state index contributed by atoms with van der Waals surface area (Å²) in [5.74, 6) is 0.366. The third-order valence-corrected chi connectivity index (χ3v) is 6.09. The van der Waals surface area contributed by atoms with Crippen LogP contribution in [0.1, 0.15) is 38.3 Å². The fourth-order valence-corrected chi connectivity index (χ4v) is 4.63. The summed E-state index contributed by atoms with van der Waals surface area (Å²) in [6, 6.07) is 20.3. The van der Waals surface area contributed by atoms with E-state index in [0.29, 0.717) is 26.2 Å². The van der Waals surface area contributed by atoms with Crippen LogP contribution in [0.15, 0.2) is 60.7 Å². The molecule has 3 rings (SSSR count). The third-order valence-electron chi connectivity index (χ3n) is 6.09. The number of hydrogen-bond acceptors (Lipinski definition) is 2. The van der Waals surface area contributed by atoms with Gasteiger partial charge in [0.05, 0.1) is 0 Å². The smallest absolute Gasteiger partial charge is 0.238 e. The highest BCUT2D eigenvalue weighted by molar-refractivity contribution is 5.94. The molecule has 1 fully saturated rings. The van der Waals surface area contributed by atoms with Crippen molar-refractivity contribution >= 4 is 11.8 Å². The van der Waals surface area contributed by atoms with Crippen LogP contribution in [0.25, 0.3) is 0 Å². The van der Waals surface area contributed by atoms with Crippen molar-refractivity contribution in [3.8, 4) is 0 Å². The summed E-state index contributed by atoms with van der Waals surface area (Å²) in [6.07, 6.45) is 0.791.